The van der Waals surface area contributed by atoms with Crippen LogP contribution in [0.1, 0.15) is 11.1 Å². The first-order chi connectivity index (χ1) is 15.1. The fraction of sp³-hybridized carbons (Fsp3) is 0.174. The van der Waals surface area contributed by atoms with E-state index in [-0.39, 0.29) is 37.2 Å². The number of aromatic nitrogens is 4. The largest absolute Gasteiger partial charge is 0.497 e. The van der Waals surface area contributed by atoms with E-state index in [2.05, 4.69) is 15.9 Å². The second-order valence-electron chi connectivity index (χ2n) is 6.84. The van der Waals surface area contributed by atoms with Crippen molar-refractivity contribution < 1.29 is 9.47 Å². The van der Waals surface area contributed by atoms with Crippen molar-refractivity contribution in [2.75, 3.05) is 12.8 Å². The molecule has 0 bridgehead atoms. The molecule has 0 aliphatic rings. The summed E-state index contributed by atoms with van der Waals surface area (Å²) in [6, 6.07) is 17.1. The number of nitrogens with two attached hydrogens (primary N) is 1. The minimum absolute atomic E-state index is 0.0110. The summed E-state index contributed by atoms with van der Waals surface area (Å²) < 4.78 is 14.1. The van der Waals surface area contributed by atoms with Crippen LogP contribution in [0.4, 0.5) is 5.95 Å². The molecular formula is C23H21N5O3. The highest BCUT2D eigenvalue weighted by atomic mass is 16.5. The van der Waals surface area contributed by atoms with Gasteiger partial charge in [0.1, 0.15) is 12.4 Å². The number of nitrogens with zero attached hydrogens (tertiary/aromatic N) is 4. The lowest BCUT2D eigenvalue weighted by Crippen LogP contribution is -2.24. The third-order valence-electron chi connectivity index (χ3n) is 4.81. The van der Waals surface area contributed by atoms with E-state index in [0.29, 0.717) is 11.2 Å². The van der Waals surface area contributed by atoms with Gasteiger partial charge in [0.2, 0.25) is 11.8 Å². The van der Waals surface area contributed by atoms with Gasteiger partial charge in [0.25, 0.3) is 0 Å². The van der Waals surface area contributed by atoms with E-state index >= 15 is 0 Å². The number of anilines is 1. The summed E-state index contributed by atoms with van der Waals surface area (Å²) in [5, 5.41) is 0. The van der Waals surface area contributed by atoms with Gasteiger partial charge in [-0.2, -0.15) is 9.97 Å². The molecule has 0 aliphatic heterocycles. The minimum Gasteiger partial charge on any atom is -0.497 e. The second kappa shape index (κ2) is 8.63. The lowest BCUT2D eigenvalue weighted by molar-refractivity contribution is 0.296. The summed E-state index contributed by atoms with van der Waals surface area (Å²) in [5.41, 5.74) is 8.27. The standard InChI is InChI=1S/C23H21N5O3/c1-3-13-27-19-20(28(23(27)29)14-16-9-11-18(30-2)12-10-16)25-22(24)26-21(19)31-15-17-7-5-4-6-8-17/h1,4-12H,13-15H2,2H3,(H2,24,25,26). The molecule has 8 heteroatoms. The van der Waals surface area contributed by atoms with Crippen molar-refractivity contribution in [3.05, 3.63) is 76.2 Å². The van der Waals surface area contributed by atoms with Gasteiger partial charge < -0.3 is 15.2 Å². The molecule has 0 aliphatic carbocycles. The lowest BCUT2D eigenvalue weighted by Gasteiger charge is -2.09. The van der Waals surface area contributed by atoms with Crippen LogP contribution in [-0.4, -0.2) is 26.2 Å². The number of methoxy groups -OCH3 is 1. The Kier molecular flexibility index (Phi) is 5.58. The summed E-state index contributed by atoms with van der Waals surface area (Å²) in [6.07, 6.45) is 5.52. The highest BCUT2D eigenvalue weighted by molar-refractivity contribution is 5.78. The number of ether oxygens (including phenoxy) is 2. The molecule has 156 valence electrons. The van der Waals surface area contributed by atoms with Crippen LogP contribution < -0.4 is 20.9 Å². The maximum absolute atomic E-state index is 13.2. The topological polar surface area (TPSA) is 97.2 Å². The molecule has 2 aromatic carbocycles. The number of benzene rings is 2. The van der Waals surface area contributed by atoms with E-state index < -0.39 is 0 Å². The van der Waals surface area contributed by atoms with Crippen molar-refractivity contribution in [3.8, 4) is 24.0 Å². The normalized spacial score (nSPS) is 10.7. The quantitative estimate of drug-likeness (QED) is 0.466. The molecule has 8 nitrogen and oxygen atoms in total. The number of hydrogen-bond donors (Lipinski definition) is 1. The Morgan fingerprint density at radius 3 is 2.45 bits per heavy atom. The van der Waals surface area contributed by atoms with Crippen LogP contribution >= 0.6 is 0 Å². The summed E-state index contributed by atoms with van der Waals surface area (Å²) in [5.74, 6) is 3.47. The van der Waals surface area contributed by atoms with E-state index in [1.165, 1.54) is 9.13 Å². The summed E-state index contributed by atoms with van der Waals surface area (Å²) in [6.45, 7) is 0.603. The number of rotatable bonds is 7. The molecule has 0 saturated carbocycles. The van der Waals surface area contributed by atoms with Gasteiger partial charge in [-0.1, -0.05) is 48.4 Å². The molecule has 0 atom stereocenters. The monoisotopic (exact) mass is 415 g/mol. The molecule has 0 unspecified atom stereocenters. The Morgan fingerprint density at radius 2 is 1.77 bits per heavy atom. The summed E-state index contributed by atoms with van der Waals surface area (Å²) in [4.78, 5) is 21.7. The smallest absolute Gasteiger partial charge is 0.331 e. The number of imidazole rings is 1. The van der Waals surface area contributed by atoms with Crippen molar-refractivity contribution in [1.29, 1.82) is 0 Å². The number of terminal acetylenes is 1. The van der Waals surface area contributed by atoms with Crippen LogP contribution in [0.25, 0.3) is 11.2 Å². The summed E-state index contributed by atoms with van der Waals surface area (Å²) >= 11 is 0. The van der Waals surface area contributed by atoms with Gasteiger partial charge in [0.15, 0.2) is 11.2 Å². The van der Waals surface area contributed by atoms with Crippen LogP contribution in [-0.2, 0) is 19.7 Å². The van der Waals surface area contributed by atoms with Gasteiger partial charge in [-0.3, -0.25) is 9.13 Å². The van der Waals surface area contributed by atoms with Gasteiger partial charge >= 0.3 is 5.69 Å². The predicted molar refractivity (Wildman–Crippen MR) is 118 cm³/mol. The lowest BCUT2D eigenvalue weighted by atomic mass is 10.2. The molecule has 0 fully saturated rings. The Morgan fingerprint density at radius 1 is 1.03 bits per heavy atom. The first kappa shape index (κ1) is 20.0. The third-order valence-corrected chi connectivity index (χ3v) is 4.81. The Labute approximate surface area is 178 Å². The maximum atomic E-state index is 13.2. The summed E-state index contributed by atoms with van der Waals surface area (Å²) in [7, 11) is 1.60. The minimum atomic E-state index is -0.312. The number of hydrogen-bond acceptors (Lipinski definition) is 6. The van der Waals surface area contributed by atoms with Gasteiger partial charge in [-0.25, -0.2) is 4.79 Å². The number of nitrogen functional groups attached to an aromatic ring is 1. The molecule has 0 radical (unpaired) electrons. The Hall–Kier alpha value is -4.25. The maximum Gasteiger partial charge on any atom is 0.331 e. The van der Waals surface area contributed by atoms with E-state index in [9.17, 15) is 4.79 Å². The SMILES string of the molecule is C#CCn1c(=O)n(Cc2ccc(OC)cc2)c2nc(N)nc(OCc3ccccc3)c21. The molecule has 0 spiro atoms. The van der Waals surface area contributed by atoms with Crippen molar-refractivity contribution >= 4 is 17.1 Å². The molecular weight excluding hydrogens is 394 g/mol. The molecule has 2 heterocycles. The van der Waals surface area contributed by atoms with Crippen LogP contribution in [0.3, 0.4) is 0 Å². The Bertz CT molecular complexity index is 1300. The predicted octanol–water partition coefficient (Wildman–Crippen LogP) is 2.44. The van der Waals surface area contributed by atoms with E-state index in [0.717, 1.165) is 16.9 Å². The van der Waals surface area contributed by atoms with Gasteiger partial charge in [0.05, 0.1) is 20.2 Å². The first-order valence-corrected chi connectivity index (χ1v) is 9.60. The van der Waals surface area contributed by atoms with Crippen LogP contribution in [0.5, 0.6) is 11.6 Å². The molecule has 2 aromatic heterocycles. The fourth-order valence-corrected chi connectivity index (χ4v) is 3.32. The molecule has 2 N–H and O–H groups in total. The first-order valence-electron chi connectivity index (χ1n) is 9.60. The highest BCUT2D eigenvalue weighted by Gasteiger charge is 2.21. The van der Waals surface area contributed by atoms with Crippen molar-refractivity contribution in [1.82, 2.24) is 19.1 Å². The highest BCUT2D eigenvalue weighted by Crippen LogP contribution is 2.25. The third kappa shape index (κ3) is 4.07. The fourth-order valence-electron chi connectivity index (χ4n) is 3.32. The van der Waals surface area contributed by atoms with Crippen molar-refractivity contribution in [2.45, 2.75) is 19.7 Å². The molecule has 0 saturated heterocycles. The van der Waals surface area contributed by atoms with E-state index in [1.54, 1.807) is 7.11 Å². The van der Waals surface area contributed by atoms with Crippen LogP contribution in [0, 0.1) is 12.3 Å². The van der Waals surface area contributed by atoms with Gasteiger partial charge in [-0.05, 0) is 23.3 Å². The van der Waals surface area contributed by atoms with Crippen molar-refractivity contribution in [2.24, 2.45) is 0 Å². The average Bonchev–Trinajstić information content (AvgIpc) is 3.04. The zero-order chi connectivity index (χ0) is 21.8. The zero-order valence-corrected chi connectivity index (χ0v) is 17.0. The van der Waals surface area contributed by atoms with Gasteiger partial charge in [0, 0.05) is 0 Å². The Balaban J connectivity index is 1.79. The molecule has 4 aromatic rings. The van der Waals surface area contributed by atoms with Crippen LogP contribution in [0.15, 0.2) is 59.4 Å². The van der Waals surface area contributed by atoms with Crippen LogP contribution in [0.2, 0.25) is 0 Å². The van der Waals surface area contributed by atoms with E-state index in [1.807, 2.05) is 54.6 Å². The second-order valence-corrected chi connectivity index (χ2v) is 6.84. The van der Waals surface area contributed by atoms with E-state index in [4.69, 9.17) is 21.6 Å². The molecule has 0 amide bonds. The van der Waals surface area contributed by atoms with Crippen molar-refractivity contribution in [3.63, 3.8) is 0 Å². The van der Waals surface area contributed by atoms with Gasteiger partial charge in [-0.15, -0.1) is 6.42 Å². The molecule has 4 rings (SSSR count). The molecule has 31 heavy (non-hydrogen) atoms. The zero-order valence-electron chi connectivity index (χ0n) is 17.0. The number of fused-ring (bicyclic) bond motifs is 1. The average molecular weight is 415 g/mol.